The average molecular weight is 687 g/mol. The summed E-state index contributed by atoms with van der Waals surface area (Å²) >= 11 is 19.2. The van der Waals surface area contributed by atoms with E-state index in [1.54, 1.807) is 42.5 Å². The lowest BCUT2D eigenvalue weighted by Gasteiger charge is -2.34. The smallest absolute Gasteiger partial charge is 0.264 e. The van der Waals surface area contributed by atoms with E-state index in [9.17, 15) is 18.0 Å². The molecule has 0 radical (unpaired) electrons. The number of nitrogens with one attached hydrogen (secondary N) is 1. The van der Waals surface area contributed by atoms with E-state index in [0.29, 0.717) is 22.0 Å². The summed E-state index contributed by atoms with van der Waals surface area (Å²) in [5, 5.41) is 3.76. The Bertz CT molecular complexity index is 1720. The normalized spacial score (nSPS) is 12.6. The third-order valence-corrected chi connectivity index (χ3v) is 10.0. The Labute approximate surface area is 279 Å². The minimum Gasteiger partial charge on any atom is -0.352 e. The predicted molar refractivity (Wildman–Crippen MR) is 181 cm³/mol. The summed E-state index contributed by atoms with van der Waals surface area (Å²) in [6.45, 7) is 3.14. The van der Waals surface area contributed by atoms with Crippen LogP contribution in [-0.4, -0.2) is 43.8 Å². The molecule has 0 heterocycles. The van der Waals surface area contributed by atoms with Gasteiger partial charge in [0.1, 0.15) is 12.6 Å². The van der Waals surface area contributed by atoms with Gasteiger partial charge < -0.3 is 10.2 Å². The van der Waals surface area contributed by atoms with E-state index in [1.807, 2.05) is 44.2 Å². The number of benzene rings is 4. The van der Waals surface area contributed by atoms with Gasteiger partial charge in [0.15, 0.2) is 0 Å². The van der Waals surface area contributed by atoms with E-state index in [-0.39, 0.29) is 40.5 Å². The molecule has 11 heteroatoms. The lowest BCUT2D eigenvalue weighted by Crippen LogP contribution is -2.54. The van der Waals surface area contributed by atoms with Gasteiger partial charge in [-0.05, 0) is 60.9 Å². The molecule has 2 amide bonds. The molecule has 0 bridgehead atoms. The number of carbonyl (C=O) groups is 2. The summed E-state index contributed by atoms with van der Waals surface area (Å²) in [6.07, 6.45) is 0.868. The lowest BCUT2D eigenvalue weighted by molar-refractivity contribution is -0.140. The molecule has 236 valence electrons. The highest BCUT2D eigenvalue weighted by Crippen LogP contribution is 2.33. The Morgan fingerprint density at radius 1 is 0.822 bits per heavy atom. The van der Waals surface area contributed by atoms with Crippen LogP contribution in [0.15, 0.2) is 108 Å². The van der Waals surface area contributed by atoms with E-state index in [2.05, 4.69) is 5.32 Å². The maximum Gasteiger partial charge on any atom is 0.264 e. The highest BCUT2D eigenvalue weighted by atomic mass is 35.5. The van der Waals surface area contributed by atoms with Gasteiger partial charge in [-0.3, -0.25) is 13.9 Å². The first-order valence-corrected chi connectivity index (χ1v) is 17.0. The summed E-state index contributed by atoms with van der Waals surface area (Å²) in [6, 6.07) is 27.3. The summed E-state index contributed by atoms with van der Waals surface area (Å²) in [5.41, 5.74) is 1.50. The van der Waals surface area contributed by atoms with Gasteiger partial charge in [-0.25, -0.2) is 8.42 Å². The maximum absolute atomic E-state index is 14.5. The van der Waals surface area contributed by atoms with Crippen molar-refractivity contribution in [2.24, 2.45) is 0 Å². The van der Waals surface area contributed by atoms with Gasteiger partial charge >= 0.3 is 0 Å². The molecule has 0 fully saturated rings. The van der Waals surface area contributed by atoms with E-state index in [4.69, 9.17) is 34.8 Å². The fourth-order valence-electron chi connectivity index (χ4n) is 4.72. The fourth-order valence-corrected chi connectivity index (χ4v) is 6.93. The topological polar surface area (TPSA) is 86.8 Å². The van der Waals surface area contributed by atoms with Crippen LogP contribution in [0.2, 0.25) is 15.1 Å². The number of carbonyl (C=O) groups excluding carboxylic acids is 2. The summed E-state index contributed by atoms with van der Waals surface area (Å²) in [7, 11) is -4.30. The van der Waals surface area contributed by atoms with Crippen molar-refractivity contribution >= 4 is 62.3 Å². The number of rotatable bonds is 13. The fraction of sp³-hybridized carbons (Fsp3) is 0.235. The van der Waals surface area contributed by atoms with Gasteiger partial charge in [-0.1, -0.05) is 108 Å². The van der Waals surface area contributed by atoms with E-state index in [1.165, 1.54) is 35.2 Å². The molecule has 2 atom stereocenters. The number of halogens is 3. The zero-order valence-corrected chi connectivity index (χ0v) is 28.0. The third kappa shape index (κ3) is 8.79. The van der Waals surface area contributed by atoms with Crippen LogP contribution in [0, 0.1) is 0 Å². The molecule has 0 spiro atoms. The third-order valence-electron chi connectivity index (χ3n) is 7.36. The molecular formula is C34H34Cl3N3O4S. The summed E-state index contributed by atoms with van der Waals surface area (Å²) in [4.78, 5) is 29.8. The molecule has 45 heavy (non-hydrogen) atoms. The number of hydrogen-bond acceptors (Lipinski definition) is 4. The van der Waals surface area contributed by atoms with Crippen LogP contribution in [0.4, 0.5) is 5.69 Å². The van der Waals surface area contributed by atoms with Crippen LogP contribution in [-0.2, 0) is 32.6 Å². The van der Waals surface area contributed by atoms with E-state index >= 15 is 0 Å². The molecular weight excluding hydrogens is 653 g/mol. The van der Waals surface area contributed by atoms with Crippen LogP contribution in [0.3, 0.4) is 0 Å². The summed E-state index contributed by atoms with van der Waals surface area (Å²) < 4.78 is 29.1. The number of nitrogens with zero attached hydrogens (tertiary/aromatic N) is 2. The zero-order valence-electron chi connectivity index (χ0n) is 24.9. The first-order chi connectivity index (χ1) is 21.5. The standard InChI is InChI=1S/C34H34Cl3N3O4S/c1-3-24(2)38-34(42)32(20-25-12-6-4-7-13-25)39(22-26-14-10-11-17-29(26)36)33(41)23-40(31-19-18-27(35)21-30(31)37)45(43,44)28-15-8-5-9-16-28/h4-19,21,24,32H,3,20,22-23H2,1-2H3,(H,38,42)/t24-,32+/m0/s1. The van der Waals surface area contributed by atoms with Gasteiger partial charge in [0.25, 0.3) is 10.0 Å². The maximum atomic E-state index is 14.5. The van der Waals surface area contributed by atoms with Crippen molar-refractivity contribution in [3.8, 4) is 0 Å². The zero-order chi connectivity index (χ0) is 32.6. The largest absolute Gasteiger partial charge is 0.352 e. The molecule has 0 saturated heterocycles. The second-order valence-corrected chi connectivity index (χ2v) is 13.7. The van der Waals surface area contributed by atoms with Crippen LogP contribution in [0.1, 0.15) is 31.4 Å². The molecule has 4 aromatic carbocycles. The van der Waals surface area contributed by atoms with Crippen molar-refractivity contribution in [3.05, 3.63) is 129 Å². The van der Waals surface area contributed by atoms with Gasteiger partial charge in [-0.15, -0.1) is 0 Å². The minimum atomic E-state index is -4.30. The molecule has 4 aromatic rings. The Morgan fingerprint density at radius 3 is 2.07 bits per heavy atom. The molecule has 0 aliphatic rings. The second-order valence-electron chi connectivity index (χ2n) is 10.6. The van der Waals surface area contributed by atoms with E-state index in [0.717, 1.165) is 9.87 Å². The Hall–Kier alpha value is -3.56. The molecule has 4 rings (SSSR count). The van der Waals surface area contributed by atoms with Crippen LogP contribution in [0.5, 0.6) is 0 Å². The van der Waals surface area contributed by atoms with Crippen molar-refractivity contribution in [1.29, 1.82) is 0 Å². The monoisotopic (exact) mass is 685 g/mol. The molecule has 1 N–H and O–H groups in total. The molecule has 0 unspecified atom stereocenters. The molecule has 7 nitrogen and oxygen atoms in total. The first kappa shape index (κ1) is 34.3. The van der Waals surface area contributed by atoms with Crippen LogP contribution in [0.25, 0.3) is 0 Å². The minimum absolute atomic E-state index is 0.0307. The van der Waals surface area contributed by atoms with Crippen molar-refractivity contribution in [3.63, 3.8) is 0 Å². The van der Waals surface area contributed by atoms with Crippen molar-refractivity contribution in [2.75, 3.05) is 10.8 Å². The SMILES string of the molecule is CC[C@H](C)NC(=O)[C@@H](Cc1ccccc1)N(Cc1ccccc1Cl)C(=O)CN(c1ccc(Cl)cc1Cl)S(=O)(=O)c1ccccc1. The lowest BCUT2D eigenvalue weighted by atomic mass is 10.0. The highest BCUT2D eigenvalue weighted by molar-refractivity contribution is 7.92. The molecule has 0 aliphatic heterocycles. The van der Waals surface area contributed by atoms with Gasteiger partial charge in [0, 0.05) is 29.1 Å². The Balaban J connectivity index is 1.83. The van der Waals surface area contributed by atoms with Gasteiger partial charge in [0.2, 0.25) is 11.8 Å². The van der Waals surface area contributed by atoms with E-state index < -0.39 is 28.5 Å². The number of anilines is 1. The molecule has 0 saturated carbocycles. The summed E-state index contributed by atoms with van der Waals surface area (Å²) in [5.74, 6) is -0.990. The van der Waals surface area contributed by atoms with Crippen LogP contribution >= 0.6 is 34.8 Å². The Morgan fingerprint density at radius 2 is 1.44 bits per heavy atom. The first-order valence-electron chi connectivity index (χ1n) is 14.4. The second kappa shape index (κ2) is 15.6. The predicted octanol–water partition coefficient (Wildman–Crippen LogP) is 7.40. The van der Waals surface area contributed by atoms with Crippen molar-refractivity contribution < 1.29 is 18.0 Å². The van der Waals surface area contributed by atoms with Crippen molar-refractivity contribution in [1.82, 2.24) is 10.2 Å². The van der Waals surface area contributed by atoms with Gasteiger partial charge in [-0.2, -0.15) is 0 Å². The van der Waals surface area contributed by atoms with Gasteiger partial charge in [0.05, 0.1) is 15.6 Å². The average Bonchev–Trinajstić information content (AvgIpc) is 3.03. The number of amides is 2. The number of sulfonamides is 1. The van der Waals surface area contributed by atoms with Crippen LogP contribution < -0.4 is 9.62 Å². The highest BCUT2D eigenvalue weighted by Gasteiger charge is 2.35. The molecule has 0 aromatic heterocycles. The molecule has 0 aliphatic carbocycles. The Kier molecular flexibility index (Phi) is 11.9. The van der Waals surface area contributed by atoms with Crippen molar-refractivity contribution in [2.45, 2.75) is 50.2 Å². The number of hydrogen-bond donors (Lipinski definition) is 1. The quantitative estimate of drug-likeness (QED) is 0.159.